The van der Waals surface area contributed by atoms with Crippen LogP contribution in [0.3, 0.4) is 0 Å². The summed E-state index contributed by atoms with van der Waals surface area (Å²) >= 11 is 0. The minimum absolute atomic E-state index is 0.0544. The van der Waals surface area contributed by atoms with Crippen molar-refractivity contribution < 1.29 is 23.5 Å². The molecule has 3 atom stereocenters. The van der Waals surface area contributed by atoms with Crippen LogP contribution in [-0.4, -0.2) is 34.9 Å². The Morgan fingerprint density at radius 1 is 0.973 bits per heavy atom. The molecular formula is C30H42F2N2O3. The molecule has 0 saturated carbocycles. The van der Waals surface area contributed by atoms with Crippen molar-refractivity contribution in [3.63, 3.8) is 0 Å². The number of carbonyl (C=O) groups excluding carboxylic acids is 2. The zero-order valence-corrected chi connectivity index (χ0v) is 22.1. The summed E-state index contributed by atoms with van der Waals surface area (Å²) in [5.74, 6) is -1.40. The van der Waals surface area contributed by atoms with Crippen molar-refractivity contribution in [2.45, 2.75) is 96.2 Å². The molecule has 37 heavy (non-hydrogen) atoms. The fourth-order valence-corrected chi connectivity index (χ4v) is 4.41. The zero-order chi connectivity index (χ0) is 27.4. The van der Waals surface area contributed by atoms with Crippen LogP contribution in [0.5, 0.6) is 0 Å². The van der Waals surface area contributed by atoms with Crippen LogP contribution >= 0.6 is 0 Å². The number of ketones is 2. The molecule has 0 saturated heterocycles. The Bertz CT molecular complexity index is 998. The van der Waals surface area contributed by atoms with Gasteiger partial charge in [0.05, 0.1) is 0 Å². The SMILES string of the molecule is CC(C)(CCC(=O)CC(N)Cc1cc(F)ccc1F)CCC(=O)C(O)C(N)CCCCc1ccccc1. The van der Waals surface area contributed by atoms with Gasteiger partial charge in [0.2, 0.25) is 0 Å². The van der Waals surface area contributed by atoms with Gasteiger partial charge >= 0.3 is 0 Å². The number of benzene rings is 2. The number of halogens is 2. The lowest BCUT2D eigenvalue weighted by Crippen LogP contribution is -2.40. The molecule has 2 aromatic rings. The molecule has 5 nitrogen and oxygen atoms in total. The van der Waals surface area contributed by atoms with Crippen LogP contribution in [0.15, 0.2) is 48.5 Å². The van der Waals surface area contributed by atoms with E-state index in [1.807, 2.05) is 32.0 Å². The molecule has 0 aliphatic rings. The molecular weight excluding hydrogens is 474 g/mol. The lowest BCUT2D eigenvalue weighted by atomic mass is 9.80. The van der Waals surface area contributed by atoms with E-state index < -0.39 is 29.8 Å². The van der Waals surface area contributed by atoms with E-state index in [0.29, 0.717) is 19.3 Å². The highest BCUT2D eigenvalue weighted by atomic mass is 19.1. The summed E-state index contributed by atoms with van der Waals surface area (Å²) in [5, 5.41) is 10.4. The maximum absolute atomic E-state index is 13.8. The van der Waals surface area contributed by atoms with E-state index >= 15 is 0 Å². The van der Waals surface area contributed by atoms with Gasteiger partial charge in [-0.25, -0.2) is 8.78 Å². The molecule has 0 bridgehead atoms. The molecule has 0 heterocycles. The predicted molar refractivity (Wildman–Crippen MR) is 143 cm³/mol. The van der Waals surface area contributed by atoms with Crippen molar-refractivity contribution in [2.24, 2.45) is 16.9 Å². The lowest BCUT2D eigenvalue weighted by Gasteiger charge is -2.25. The lowest BCUT2D eigenvalue weighted by molar-refractivity contribution is -0.128. The highest BCUT2D eigenvalue weighted by Gasteiger charge is 2.26. The van der Waals surface area contributed by atoms with Crippen LogP contribution in [0.1, 0.15) is 76.3 Å². The second-order valence-electron chi connectivity index (χ2n) is 10.9. The van der Waals surface area contributed by atoms with Gasteiger partial charge in [-0.2, -0.15) is 0 Å². The molecule has 0 amide bonds. The molecule has 2 aromatic carbocycles. The third-order valence-corrected chi connectivity index (χ3v) is 6.94. The van der Waals surface area contributed by atoms with Crippen molar-refractivity contribution in [3.8, 4) is 0 Å². The van der Waals surface area contributed by atoms with Gasteiger partial charge in [0.1, 0.15) is 23.5 Å². The number of rotatable bonds is 17. The number of carbonyl (C=O) groups is 2. The molecule has 0 spiro atoms. The van der Waals surface area contributed by atoms with Crippen molar-refractivity contribution >= 4 is 11.6 Å². The van der Waals surface area contributed by atoms with Gasteiger partial charge in [-0.1, -0.05) is 50.6 Å². The van der Waals surface area contributed by atoms with Gasteiger partial charge < -0.3 is 16.6 Å². The van der Waals surface area contributed by atoms with E-state index in [2.05, 4.69) is 12.1 Å². The van der Waals surface area contributed by atoms with Crippen molar-refractivity contribution in [1.82, 2.24) is 0 Å². The molecule has 204 valence electrons. The van der Waals surface area contributed by atoms with Crippen LogP contribution in [0.4, 0.5) is 8.78 Å². The van der Waals surface area contributed by atoms with Crippen LogP contribution in [0.2, 0.25) is 0 Å². The molecule has 0 fully saturated rings. The first-order valence-electron chi connectivity index (χ1n) is 13.2. The van der Waals surface area contributed by atoms with E-state index in [-0.39, 0.29) is 48.2 Å². The standard InChI is InChI=1S/C30H42F2N2O3/c1-30(2,16-14-25(35)20-24(33)19-22-18-23(31)12-13-26(22)32)17-15-28(36)29(37)27(34)11-7-6-10-21-8-4-3-5-9-21/h3-5,8-9,12-13,18,24,27,29,37H,6-7,10-11,14-17,19-20,33-34H2,1-2H3. The number of Topliss-reactive ketones (excluding diaryl/α,β-unsaturated/α-hetero) is 2. The zero-order valence-electron chi connectivity index (χ0n) is 22.1. The fraction of sp³-hybridized carbons (Fsp3) is 0.533. The van der Waals surface area contributed by atoms with Crippen LogP contribution in [-0.2, 0) is 22.4 Å². The summed E-state index contributed by atoms with van der Waals surface area (Å²) in [7, 11) is 0. The second kappa shape index (κ2) is 15.1. The highest BCUT2D eigenvalue weighted by molar-refractivity contribution is 5.83. The molecule has 0 aromatic heterocycles. The first-order chi connectivity index (χ1) is 17.5. The van der Waals surface area contributed by atoms with Crippen LogP contribution in [0.25, 0.3) is 0 Å². The summed E-state index contributed by atoms with van der Waals surface area (Å²) in [4.78, 5) is 24.9. The Morgan fingerprint density at radius 3 is 2.35 bits per heavy atom. The minimum atomic E-state index is -1.18. The van der Waals surface area contributed by atoms with E-state index in [1.165, 1.54) is 5.56 Å². The number of hydrogen-bond donors (Lipinski definition) is 3. The molecule has 0 aliphatic heterocycles. The largest absolute Gasteiger partial charge is 0.384 e. The highest BCUT2D eigenvalue weighted by Crippen LogP contribution is 2.29. The number of aryl methyl sites for hydroxylation is 1. The Balaban J connectivity index is 1.67. The quantitative estimate of drug-likeness (QED) is 0.255. The molecule has 5 N–H and O–H groups in total. The summed E-state index contributed by atoms with van der Waals surface area (Å²) in [6.07, 6.45) is 3.83. The molecule has 2 rings (SSSR count). The van der Waals surface area contributed by atoms with Crippen LogP contribution in [0, 0.1) is 17.0 Å². The van der Waals surface area contributed by atoms with Gasteiger partial charge in [-0.15, -0.1) is 0 Å². The van der Waals surface area contributed by atoms with Crippen molar-refractivity contribution in [1.29, 1.82) is 0 Å². The number of aliphatic hydroxyl groups is 1. The minimum Gasteiger partial charge on any atom is -0.384 e. The maximum Gasteiger partial charge on any atom is 0.162 e. The molecule has 0 aliphatic carbocycles. The summed E-state index contributed by atoms with van der Waals surface area (Å²) in [6.45, 7) is 3.96. The number of hydrogen-bond acceptors (Lipinski definition) is 5. The molecule has 7 heteroatoms. The monoisotopic (exact) mass is 516 g/mol. The summed E-state index contributed by atoms with van der Waals surface area (Å²) < 4.78 is 27.2. The van der Waals surface area contributed by atoms with Gasteiger partial charge in [0, 0.05) is 31.3 Å². The van der Waals surface area contributed by atoms with Crippen molar-refractivity contribution in [2.75, 3.05) is 0 Å². The van der Waals surface area contributed by atoms with Gasteiger partial charge in [0.15, 0.2) is 5.78 Å². The summed E-state index contributed by atoms with van der Waals surface area (Å²) in [6, 6.07) is 12.2. The fourth-order valence-electron chi connectivity index (χ4n) is 4.41. The number of unbranched alkanes of at least 4 members (excludes halogenated alkanes) is 1. The van der Waals surface area contributed by atoms with Crippen molar-refractivity contribution in [3.05, 3.63) is 71.3 Å². The third-order valence-electron chi connectivity index (χ3n) is 6.94. The smallest absolute Gasteiger partial charge is 0.162 e. The Labute approximate surface area is 219 Å². The Kier molecular flexibility index (Phi) is 12.5. The molecule has 0 radical (unpaired) electrons. The average Bonchev–Trinajstić information content (AvgIpc) is 2.86. The van der Waals surface area contributed by atoms with Crippen LogP contribution < -0.4 is 11.5 Å². The normalized spacial score (nSPS) is 14.2. The Hall–Kier alpha value is -2.48. The predicted octanol–water partition coefficient (Wildman–Crippen LogP) is 5.05. The van der Waals surface area contributed by atoms with Gasteiger partial charge in [-0.05, 0) is 73.3 Å². The van der Waals surface area contributed by atoms with Gasteiger partial charge in [0.25, 0.3) is 0 Å². The second-order valence-corrected chi connectivity index (χ2v) is 10.9. The van der Waals surface area contributed by atoms with Gasteiger partial charge in [-0.3, -0.25) is 9.59 Å². The topological polar surface area (TPSA) is 106 Å². The Morgan fingerprint density at radius 2 is 1.65 bits per heavy atom. The van der Waals surface area contributed by atoms with E-state index in [0.717, 1.165) is 37.5 Å². The summed E-state index contributed by atoms with van der Waals surface area (Å²) in [5.41, 5.74) is 13.2. The molecule has 3 unspecified atom stereocenters. The van der Waals surface area contributed by atoms with E-state index in [9.17, 15) is 23.5 Å². The average molecular weight is 517 g/mol. The van der Waals surface area contributed by atoms with E-state index in [4.69, 9.17) is 11.5 Å². The maximum atomic E-state index is 13.8. The van der Waals surface area contributed by atoms with E-state index in [1.54, 1.807) is 0 Å². The first-order valence-corrected chi connectivity index (χ1v) is 13.2. The number of nitrogens with two attached hydrogens (primary N) is 2. The first kappa shape index (κ1) is 30.7. The third kappa shape index (κ3) is 11.6. The number of aliphatic hydroxyl groups excluding tert-OH is 1.